The molecule has 0 fully saturated rings. The molecule has 12 nitrogen and oxygen atoms in total. The summed E-state index contributed by atoms with van der Waals surface area (Å²) >= 11 is 0. The molecule has 0 aromatic heterocycles. The molecule has 7 N–H and O–H groups in total. The van der Waals surface area contributed by atoms with Crippen LogP contribution in [0.25, 0.3) is 17.2 Å². The van der Waals surface area contributed by atoms with Crippen molar-refractivity contribution in [3.05, 3.63) is 134 Å². The van der Waals surface area contributed by atoms with E-state index in [1.54, 1.807) is 13.2 Å². The fraction of sp³-hybridized carbons (Fsp3) is 0.446. The average Bonchev–Trinajstić information content (AvgIpc) is 3.81. The summed E-state index contributed by atoms with van der Waals surface area (Å²) in [5.74, 6) is 2.49. The number of aliphatic hydroxyl groups excluding tert-OH is 1. The molecule has 68 heavy (non-hydrogen) atoms. The number of hydrogen-bond acceptors (Lipinski definition) is 12. The third-order valence-electron chi connectivity index (χ3n) is 14.2. The zero-order valence-corrected chi connectivity index (χ0v) is 40.2. The fourth-order valence-corrected chi connectivity index (χ4v) is 11.2. The maximum absolute atomic E-state index is 11.6. The highest BCUT2D eigenvalue weighted by atomic mass is 16.6. The van der Waals surface area contributed by atoms with Gasteiger partial charge in [-0.2, -0.15) is 0 Å². The Morgan fingerprint density at radius 3 is 2.54 bits per heavy atom. The molecular weight excluding hydrogens is 857 g/mol. The van der Waals surface area contributed by atoms with Crippen molar-refractivity contribution in [1.29, 1.82) is 0 Å². The molecule has 3 heterocycles. The number of ether oxygens (including phenoxy) is 4. The van der Waals surface area contributed by atoms with Gasteiger partial charge in [-0.1, -0.05) is 62.4 Å². The molecule has 0 bridgehead atoms. The summed E-state index contributed by atoms with van der Waals surface area (Å²) in [5, 5.41) is 57.0. The number of hydrogen-bond donors (Lipinski definition) is 7. The van der Waals surface area contributed by atoms with Crippen LogP contribution in [-0.2, 0) is 43.3 Å². The molecule has 12 heteroatoms. The second-order valence-corrected chi connectivity index (χ2v) is 20.0. The third-order valence-corrected chi connectivity index (χ3v) is 14.2. The van der Waals surface area contributed by atoms with Crippen molar-refractivity contribution in [1.82, 2.24) is 16.0 Å². The lowest BCUT2D eigenvalue weighted by molar-refractivity contribution is -0.129. The molecule has 0 spiro atoms. The van der Waals surface area contributed by atoms with Crippen molar-refractivity contribution < 1.29 is 39.4 Å². The predicted octanol–water partition coefficient (Wildman–Crippen LogP) is 6.08. The predicted molar refractivity (Wildman–Crippen MR) is 264 cm³/mol. The number of aromatic hydroxyl groups is 2. The molecule has 5 aromatic rings. The number of phenolic OH excluding ortho intramolecular Hbond substituents is 2. The van der Waals surface area contributed by atoms with Crippen LogP contribution in [0.2, 0.25) is 0 Å². The van der Waals surface area contributed by atoms with E-state index in [-0.39, 0.29) is 36.9 Å². The van der Waals surface area contributed by atoms with Crippen molar-refractivity contribution in [2.75, 3.05) is 53.8 Å². The monoisotopic (exact) mass is 925 g/mol. The second-order valence-electron chi connectivity index (χ2n) is 20.0. The van der Waals surface area contributed by atoms with Gasteiger partial charge in [0.05, 0.1) is 38.0 Å². The number of phenols is 2. The van der Waals surface area contributed by atoms with E-state index >= 15 is 0 Å². The Labute approximate surface area is 400 Å². The molecule has 5 aromatic carbocycles. The van der Waals surface area contributed by atoms with Crippen LogP contribution < -0.4 is 40.7 Å². The van der Waals surface area contributed by atoms with Crippen LogP contribution in [0.4, 0.5) is 0 Å². The van der Waals surface area contributed by atoms with Crippen molar-refractivity contribution in [3.63, 3.8) is 0 Å². The smallest absolute Gasteiger partial charge is 0.161 e. The molecule has 1 aliphatic carbocycles. The van der Waals surface area contributed by atoms with E-state index in [2.05, 4.69) is 71.2 Å². The van der Waals surface area contributed by atoms with Gasteiger partial charge in [0, 0.05) is 42.9 Å². The Hall–Kier alpha value is -5.47. The van der Waals surface area contributed by atoms with Crippen LogP contribution in [-0.4, -0.2) is 91.5 Å². The van der Waals surface area contributed by atoms with E-state index in [1.807, 2.05) is 56.4 Å². The number of rotatable bonds is 19. The van der Waals surface area contributed by atoms with Crippen LogP contribution in [0.3, 0.4) is 0 Å². The first-order valence-corrected chi connectivity index (χ1v) is 24.4. The minimum absolute atomic E-state index is 0.000195. The van der Waals surface area contributed by atoms with Crippen molar-refractivity contribution in [2.45, 2.75) is 101 Å². The summed E-state index contributed by atoms with van der Waals surface area (Å²) in [6, 6.07) is 26.4. The van der Waals surface area contributed by atoms with Gasteiger partial charge in [-0.25, -0.2) is 0 Å². The van der Waals surface area contributed by atoms with Gasteiger partial charge in [0.1, 0.15) is 29.0 Å². The normalized spacial score (nSPS) is 20.9. The topological polar surface area (TPSA) is 166 Å². The van der Waals surface area contributed by atoms with E-state index in [0.717, 1.165) is 72.8 Å². The maximum Gasteiger partial charge on any atom is 0.161 e. The molecule has 3 aliphatic heterocycles. The van der Waals surface area contributed by atoms with Crippen LogP contribution in [0.15, 0.2) is 83.9 Å². The number of aryl methyl sites for hydroxylation is 2. The zero-order valence-electron chi connectivity index (χ0n) is 40.2. The van der Waals surface area contributed by atoms with Gasteiger partial charge in [-0.3, -0.25) is 10.3 Å². The van der Waals surface area contributed by atoms with E-state index in [0.29, 0.717) is 88.7 Å². The lowest BCUT2D eigenvalue weighted by Gasteiger charge is -2.47. The van der Waals surface area contributed by atoms with Gasteiger partial charge < -0.3 is 50.0 Å². The Bertz CT molecular complexity index is 2740. The molecule has 0 saturated carbocycles. The molecular formula is C56H68N4O8. The molecule has 5 atom stereocenters. The summed E-state index contributed by atoms with van der Waals surface area (Å²) in [6.07, 6.45) is 6.11. The van der Waals surface area contributed by atoms with Gasteiger partial charge in [-0.15, -0.1) is 0 Å². The lowest BCUT2D eigenvalue weighted by Crippen LogP contribution is -2.56. The lowest BCUT2D eigenvalue weighted by atomic mass is 9.70. The number of nitrogens with zero attached hydrogens (tertiary/aromatic N) is 1. The highest BCUT2D eigenvalue weighted by Crippen LogP contribution is 2.58. The van der Waals surface area contributed by atoms with Crippen LogP contribution in [0, 0.1) is 5.92 Å². The van der Waals surface area contributed by atoms with Gasteiger partial charge in [0.2, 0.25) is 0 Å². The van der Waals surface area contributed by atoms with E-state index in [4.69, 9.17) is 18.9 Å². The fourth-order valence-electron chi connectivity index (χ4n) is 11.2. The Morgan fingerprint density at radius 2 is 1.76 bits per heavy atom. The molecule has 0 radical (unpaired) electrons. The standard InChI is InChI=1S/C56H68N4O8/c1-34(2)27-55(3,64)30-58-32-59-31-56(66-33-57-4)28-47-46-24-39(22-36-12-18-48-37(21-36)19-20-60-48)45-26-41(62)14-16-43(45)50(46)53-44(17-15-42(29-61)67-53)52(47)68-54(56)40-23-38(51(63)49(25-40)65-5)13-11-35-9-7-6-8-10-35/h6-10,12,14,16,18-19,21,23,25-26,34,39,42,54,57-59,61-64H,11,13,15,17,20,22,24,27-33H2,1-5H3/t39-,42+,54+,55-,56-/m0/s1. The van der Waals surface area contributed by atoms with Crippen LogP contribution >= 0.6 is 0 Å². The van der Waals surface area contributed by atoms with Gasteiger partial charge in [-0.05, 0) is 151 Å². The van der Waals surface area contributed by atoms with Gasteiger partial charge >= 0.3 is 0 Å². The SMILES string of the molecule is CNCO[C@]1(CNCNC[C@@](C)(O)CC(C)C)Cc2c3c(c4c(c2O[C@@H]1c1cc(CCc2ccccc2)c(O)c(OC)c1)CC[C@H](CO)O4)-c1ccc(O)cc1[C@@H](Cc1ccc2c(c1)=CCN=2)C3. The zero-order chi connectivity index (χ0) is 47.6. The number of fused-ring (bicyclic) bond motifs is 9. The first kappa shape index (κ1) is 47.6. The summed E-state index contributed by atoms with van der Waals surface area (Å²) in [5.41, 5.74) is 8.12. The minimum Gasteiger partial charge on any atom is -0.508 e. The number of benzene rings is 5. The Kier molecular flexibility index (Phi) is 14.2. The van der Waals surface area contributed by atoms with Crippen molar-refractivity contribution in [2.24, 2.45) is 10.9 Å². The Balaban J connectivity index is 1.19. The summed E-state index contributed by atoms with van der Waals surface area (Å²) < 4.78 is 27.5. The van der Waals surface area contributed by atoms with Crippen molar-refractivity contribution in [3.8, 4) is 39.9 Å². The maximum atomic E-state index is 11.6. The molecule has 4 aliphatic rings. The van der Waals surface area contributed by atoms with Gasteiger partial charge in [0.15, 0.2) is 17.6 Å². The van der Waals surface area contributed by atoms with E-state index in [9.17, 15) is 20.4 Å². The average molecular weight is 925 g/mol. The van der Waals surface area contributed by atoms with Crippen molar-refractivity contribution >= 4 is 6.08 Å². The first-order valence-electron chi connectivity index (χ1n) is 24.4. The highest BCUT2D eigenvalue weighted by Gasteiger charge is 2.50. The molecule has 9 rings (SSSR count). The number of methoxy groups -OCH3 is 1. The third kappa shape index (κ3) is 9.86. The largest absolute Gasteiger partial charge is 0.508 e. The highest BCUT2D eigenvalue weighted by molar-refractivity contribution is 5.85. The second kappa shape index (κ2) is 20.2. The molecule has 0 saturated heterocycles. The molecule has 360 valence electrons. The van der Waals surface area contributed by atoms with Crippen LogP contribution in [0.1, 0.15) is 90.1 Å². The van der Waals surface area contributed by atoms with E-state index < -0.39 is 17.3 Å². The summed E-state index contributed by atoms with van der Waals surface area (Å²) in [7, 11) is 3.44. The minimum atomic E-state index is -1.02. The summed E-state index contributed by atoms with van der Waals surface area (Å²) in [4.78, 5) is 4.63. The number of aliphatic hydroxyl groups is 2. The summed E-state index contributed by atoms with van der Waals surface area (Å²) in [6.45, 7) is 8.07. The molecule has 0 amide bonds. The van der Waals surface area contributed by atoms with Gasteiger partial charge in [0.25, 0.3) is 0 Å². The number of nitrogens with one attached hydrogen (secondary N) is 3. The first-order chi connectivity index (χ1) is 32.9. The quantitative estimate of drug-likeness (QED) is 0.0379. The van der Waals surface area contributed by atoms with Crippen LogP contribution in [0.5, 0.6) is 28.7 Å². The Morgan fingerprint density at radius 1 is 0.926 bits per heavy atom. The molecule has 0 unspecified atom stereocenters. The van der Waals surface area contributed by atoms with E-state index in [1.165, 1.54) is 5.56 Å².